The van der Waals surface area contributed by atoms with Gasteiger partial charge in [-0.05, 0) is 74.8 Å². The third-order valence-corrected chi connectivity index (χ3v) is 7.65. The van der Waals surface area contributed by atoms with E-state index in [0.29, 0.717) is 32.2 Å². The van der Waals surface area contributed by atoms with Crippen LogP contribution < -0.4 is 15.4 Å². The van der Waals surface area contributed by atoms with Gasteiger partial charge in [0.25, 0.3) is 0 Å². The summed E-state index contributed by atoms with van der Waals surface area (Å²) in [5.74, 6) is -0.916. The van der Waals surface area contributed by atoms with E-state index in [2.05, 4.69) is 15.4 Å². The lowest BCUT2D eigenvalue weighted by Crippen LogP contribution is -2.47. The predicted molar refractivity (Wildman–Crippen MR) is 128 cm³/mol. The molecule has 0 heterocycles. The van der Waals surface area contributed by atoms with Gasteiger partial charge in [-0.25, -0.2) is 17.5 Å². The zero-order valence-electron chi connectivity index (χ0n) is 19.3. The van der Waals surface area contributed by atoms with E-state index < -0.39 is 21.9 Å². The number of rotatable bonds is 10. The summed E-state index contributed by atoms with van der Waals surface area (Å²) in [5, 5.41) is 5.66. The summed E-state index contributed by atoms with van der Waals surface area (Å²) in [6.45, 7) is 2.45. The van der Waals surface area contributed by atoms with Crippen LogP contribution in [-0.4, -0.2) is 39.4 Å². The smallest absolute Gasteiger partial charge is 0.242 e. The molecule has 184 valence electrons. The molecule has 2 amide bonds. The van der Waals surface area contributed by atoms with E-state index in [9.17, 15) is 22.4 Å². The quantitative estimate of drug-likeness (QED) is 0.477. The standard InChI is InChI=1S/C25H32FN3O4S/c1-18(24(30)27-16-15-19-5-3-2-4-6-19)29-25(31)21-9-7-20(8-10-21)17-28-34(32,33)23-13-11-22(26)12-14-23/h2-6,11-14,18,20-21,28H,7-10,15-17H2,1H3,(H,27,30)(H,29,31)/t18-,20?,21?/m1/s1. The number of sulfonamides is 1. The van der Waals surface area contributed by atoms with E-state index in [1.54, 1.807) is 6.92 Å². The van der Waals surface area contributed by atoms with Gasteiger partial charge in [-0.2, -0.15) is 0 Å². The van der Waals surface area contributed by atoms with Crippen LogP contribution in [0.1, 0.15) is 38.2 Å². The van der Waals surface area contributed by atoms with Gasteiger partial charge in [0.1, 0.15) is 11.9 Å². The van der Waals surface area contributed by atoms with Crippen LogP contribution >= 0.6 is 0 Å². The Morgan fingerprint density at radius 1 is 1.00 bits per heavy atom. The predicted octanol–water partition coefficient (Wildman–Crippen LogP) is 2.77. The van der Waals surface area contributed by atoms with E-state index in [1.807, 2.05) is 30.3 Å². The molecule has 2 aromatic carbocycles. The molecule has 0 saturated heterocycles. The average Bonchev–Trinajstić information content (AvgIpc) is 2.84. The number of halogens is 1. The first-order chi connectivity index (χ1) is 16.2. The van der Waals surface area contributed by atoms with Gasteiger partial charge in [-0.15, -0.1) is 0 Å². The number of nitrogens with one attached hydrogen (secondary N) is 3. The molecule has 0 bridgehead atoms. The Bertz CT molecular complexity index is 1050. The highest BCUT2D eigenvalue weighted by Gasteiger charge is 2.29. The van der Waals surface area contributed by atoms with Crippen LogP contribution in [0.2, 0.25) is 0 Å². The Morgan fingerprint density at radius 2 is 1.65 bits per heavy atom. The Labute approximate surface area is 200 Å². The van der Waals surface area contributed by atoms with Crippen LogP contribution in [0.3, 0.4) is 0 Å². The minimum absolute atomic E-state index is 0.0259. The minimum atomic E-state index is -3.70. The van der Waals surface area contributed by atoms with Crippen LogP contribution in [0, 0.1) is 17.7 Å². The first-order valence-corrected chi connectivity index (χ1v) is 13.1. The third kappa shape index (κ3) is 7.63. The van der Waals surface area contributed by atoms with Crippen LogP contribution in [0.25, 0.3) is 0 Å². The van der Waals surface area contributed by atoms with Crippen molar-refractivity contribution >= 4 is 21.8 Å². The lowest BCUT2D eigenvalue weighted by molar-refractivity contribution is -0.131. The van der Waals surface area contributed by atoms with E-state index in [4.69, 9.17) is 0 Å². The number of benzene rings is 2. The summed E-state index contributed by atoms with van der Waals surface area (Å²) in [6, 6.07) is 13.9. The molecule has 0 aromatic heterocycles. The Hall–Kier alpha value is -2.78. The van der Waals surface area contributed by atoms with E-state index >= 15 is 0 Å². The molecule has 0 aliphatic heterocycles. The molecule has 2 aromatic rings. The normalized spacial score (nSPS) is 19.2. The molecular weight excluding hydrogens is 457 g/mol. The molecule has 7 nitrogen and oxygen atoms in total. The second kappa shape index (κ2) is 12.1. The fourth-order valence-corrected chi connectivity index (χ4v) is 5.19. The van der Waals surface area contributed by atoms with Gasteiger partial charge < -0.3 is 10.6 Å². The molecule has 0 radical (unpaired) electrons. The van der Waals surface area contributed by atoms with Crippen molar-refractivity contribution in [2.45, 2.75) is 50.0 Å². The maximum atomic E-state index is 13.0. The van der Waals surface area contributed by atoms with Gasteiger partial charge in [-0.3, -0.25) is 9.59 Å². The van der Waals surface area contributed by atoms with Crippen molar-refractivity contribution in [3.05, 3.63) is 66.0 Å². The van der Waals surface area contributed by atoms with Crippen molar-refractivity contribution in [3.63, 3.8) is 0 Å². The Kier molecular flexibility index (Phi) is 9.18. The van der Waals surface area contributed by atoms with E-state index in [1.165, 1.54) is 12.1 Å². The first-order valence-electron chi connectivity index (χ1n) is 11.6. The van der Waals surface area contributed by atoms with Gasteiger partial charge in [0.2, 0.25) is 21.8 Å². The van der Waals surface area contributed by atoms with Gasteiger partial charge in [-0.1, -0.05) is 30.3 Å². The summed E-state index contributed by atoms with van der Waals surface area (Å²) >= 11 is 0. The monoisotopic (exact) mass is 489 g/mol. The SMILES string of the molecule is C[C@@H](NC(=O)C1CCC(CNS(=O)(=O)c2ccc(F)cc2)CC1)C(=O)NCCc1ccccc1. The summed E-state index contributed by atoms with van der Waals surface area (Å²) in [6.07, 6.45) is 3.42. The highest BCUT2D eigenvalue weighted by molar-refractivity contribution is 7.89. The van der Waals surface area contributed by atoms with Crippen LogP contribution in [0.5, 0.6) is 0 Å². The molecular formula is C25H32FN3O4S. The summed E-state index contributed by atoms with van der Waals surface area (Å²) in [4.78, 5) is 24.9. The topological polar surface area (TPSA) is 104 Å². The van der Waals surface area contributed by atoms with Crippen LogP contribution in [0.4, 0.5) is 4.39 Å². The van der Waals surface area contributed by atoms with Gasteiger partial charge in [0.15, 0.2) is 0 Å². The highest BCUT2D eigenvalue weighted by atomic mass is 32.2. The third-order valence-electron chi connectivity index (χ3n) is 6.21. The van der Waals surface area contributed by atoms with Crippen LogP contribution in [-0.2, 0) is 26.0 Å². The fourth-order valence-electron chi connectivity index (χ4n) is 4.08. The number of hydrogen-bond acceptors (Lipinski definition) is 4. The van der Waals surface area contributed by atoms with Crippen molar-refractivity contribution in [1.29, 1.82) is 0 Å². The van der Waals surface area contributed by atoms with Crippen molar-refractivity contribution in [2.24, 2.45) is 11.8 Å². The lowest BCUT2D eigenvalue weighted by atomic mass is 9.81. The maximum Gasteiger partial charge on any atom is 0.242 e. The molecule has 0 unspecified atom stereocenters. The summed E-state index contributed by atoms with van der Waals surface area (Å²) in [7, 11) is -3.70. The van der Waals surface area contributed by atoms with Crippen molar-refractivity contribution < 1.29 is 22.4 Å². The number of amides is 2. The largest absolute Gasteiger partial charge is 0.354 e. The van der Waals surface area contributed by atoms with Gasteiger partial charge in [0.05, 0.1) is 4.90 Å². The number of hydrogen-bond donors (Lipinski definition) is 3. The lowest BCUT2D eigenvalue weighted by Gasteiger charge is -2.28. The summed E-state index contributed by atoms with van der Waals surface area (Å²) < 4.78 is 40.3. The molecule has 1 aliphatic rings. The second-order valence-electron chi connectivity index (χ2n) is 8.78. The Morgan fingerprint density at radius 3 is 2.29 bits per heavy atom. The Balaban J connectivity index is 1.36. The van der Waals surface area contributed by atoms with Crippen LogP contribution in [0.15, 0.2) is 59.5 Å². The van der Waals surface area contributed by atoms with E-state index in [0.717, 1.165) is 24.1 Å². The minimum Gasteiger partial charge on any atom is -0.354 e. The fraction of sp³-hybridized carbons (Fsp3) is 0.440. The maximum absolute atomic E-state index is 13.0. The molecule has 34 heavy (non-hydrogen) atoms. The van der Waals surface area contributed by atoms with Gasteiger partial charge in [0, 0.05) is 19.0 Å². The summed E-state index contributed by atoms with van der Waals surface area (Å²) in [5.41, 5.74) is 1.14. The van der Waals surface area contributed by atoms with Crippen molar-refractivity contribution in [1.82, 2.24) is 15.4 Å². The highest BCUT2D eigenvalue weighted by Crippen LogP contribution is 2.29. The zero-order chi connectivity index (χ0) is 24.6. The second-order valence-corrected chi connectivity index (χ2v) is 10.5. The molecule has 3 N–H and O–H groups in total. The molecule has 9 heteroatoms. The number of carbonyl (C=O) groups excluding carboxylic acids is 2. The van der Waals surface area contributed by atoms with E-state index in [-0.39, 0.29) is 35.1 Å². The molecule has 1 fully saturated rings. The van der Waals surface area contributed by atoms with Crippen molar-refractivity contribution in [2.75, 3.05) is 13.1 Å². The average molecular weight is 490 g/mol. The molecule has 0 spiro atoms. The van der Waals surface area contributed by atoms with Crippen molar-refractivity contribution in [3.8, 4) is 0 Å². The molecule has 3 rings (SSSR count). The molecule has 1 aliphatic carbocycles. The number of carbonyl (C=O) groups is 2. The molecule has 1 saturated carbocycles. The van der Waals surface area contributed by atoms with Gasteiger partial charge >= 0.3 is 0 Å². The molecule has 1 atom stereocenters. The first kappa shape index (κ1) is 25.8. The zero-order valence-corrected chi connectivity index (χ0v) is 20.1.